The normalized spacial score (nSPS) is 12.3. The highest BCUT2D eigenvalue weighted by Gasteiger charge is 2.30. The lowest BCUT2D eigenvalue weighted by atomic mass is 9.84. The zero-order valence-electron chi connectivity index (χ0n) is 24.1. The summed E-state index contributed by atoms with van der Waals surface area (Å²) in [5.74, 6) is -1.24. The minimum absolute atomic E-state index is 0.0244. The first-order valence-corrected chi connectivity index (χ1v) is 16.1. The number of hydrogen-bond donors (Lipinski definition) is 0. The van der Waals surface area contributed by atoms with Crippen LogP contribution in [-0.2, 0) is 0 Å². The molecule has 6 rings (SSSR count). The number of Topliss-reactive ketones (excluding diaryl/α,β-unsaturated/α-hetero) is 2. The number of ketones is 2. The Bertz CT molecular complexity index is 1790. The fourth-order valence-electron chi connectivity index (χ4n) is 5.57. The molecule has 0 saturated carbocycles. The second-order valence-electron chi connectivity index (χ2n) is 10.6. The van der Waals surface area contributed by atoms with Crippen LogP contribution in [0.4, 0.5) is 0 Å². The van der Waals surface area contributed by atoms with Gasteiger partial charge in [-0.05, 0) is 58.7 Å². The standard InChI is InChI=1S/C40H28Cl2O2S/c41-31-21-23-35(33(25-31)37(27-13-5-1-6-14-27)39(43)29-17-9-3-10-18-29)45-36-24-22-32(42)26-34(36)38(28-15-7-2-8-16-28)40(44)30-19-11-4-12-20-30/h1-26,37-38H. The molecule has 0 amide bonds. The van der Waals surface area contributed by atoms with Gasteiger partial charge in [0.1, 0.15) is 0 Å². The van der Waals surface area contributed by atoms with E-state index < -0.39 is 11.8 Å². The summed E-state index contributed by atoms with van der Waals surface area (Å²) < 4.78 is 0. The molecule has 6 aromatic rings. The number of halogens is 2. The van der Waals surface area contributed by atoms with Gasteiger partial charge in [-0.25, -0.2) is 0 Å². The summed E-state index contributed by atoms with van der Waals surface area (Å²) in [5, 5.41) is 1.07. The van der Waals surface area contributed by atoms with Gasteiger partial charge in [0, 0.05) is 31.0 Å². The zero-order chi connectivity index (χ0) is 31.2. The van der Waals surface area contributed by atoms with Gasteiger partial charge in [0.05, 0.1) is 11.8 Å². The highest BCUT2D eigenvalue weighted by molar-refractivity contribution is 7.99. The van der Waals surface area contributed by atoms with Crippen LogP contribution in [0.15, 0.2) is 168 Å². The fourth-order valence-corrected chi connectivity index (χ4v) is 7.03. The van der Waals surface area contributed by atoms with Crippen LogP contribution in [0.5, 0.6) is 0 Å². The smallest absolute Gasteiger partial charge is 0.174 e. The van der Waals surface area contributed by atoms with E-state index in [0.717, 1.165) is 32.0 Å². The van der Waals surface area contributed by atoms with Gasteiger partial charge in [-0.2, -0.15) is 0 Å². The molecule has 0 aliphatic rings. The molecule has 45 heavy (non-hydrogen) atoms. The third-order valence-electron chi connectivity index (χ3n) is 7.69. The molecule has 0 aromatic heterocycles. The fraction of sp³-hybridized carbons (Fsp3) is 0.0500. The van der Waals surface area contributed by atoms with Crippen LogP contribution in [0.25, 0.3) is 0 Å². The molecule has 5 heteroatoms. The Morgan fingerprint density at radius 1 is 0.444 bits per heavy atom. The summed E-state index contributed by atoms with van der Waals surface area (Å²) in [6, 6.07) is 49.5. The number of carbonyl (C=O) groups excluding carboxylic acids is 2. The molecule has 2 unspecified atom stereocenters. The van der Waals surface area contributed by atoms with Crippen LogP contribution >= 0.6 is 35.0 Å². The van der Waals surface area contributed by atoms with Gasteiger partial charge in [-0.1, -0.05) is 156 Å². The minimum Gasteiger partial charge on any atom is -0.293 e. The maximum Gasteiger partial charge on any atom is 0.174 e. The van der Waals surface area contributed by atoms with Crippen LogP contribution in [-0.4, -0.2) is 11.6 Å². The van der Waals surface area contributed by atoms with E-state index in [1.54, 1.807) is 0 Å². The Balaban J connectivity index is 1.50. The van der Waals surface area contributed by atoms with E-state index in [2.05, 4.69) is 0 Å². The van der Waals surface area contributed by atoms with Crippen molar-refractivity contribution >= 4 is 46.5 Å². The molecule has 6 aromatic carbocycles. The van der Waals surface area contributed by atoms with Crippen molar-refractivity contribution in [3.8, 4) is 0 Å². The molecule has 0 spiro atoms. The van der Waals surface area contributed by atoms with Gasteiger partial charge in [0.2, 0.25) is 0 Å². The summed E-state index contributed by atoms with van der Waals surface area (Å²) in [4.78, 5) is 30.1. The summed E-state index contributed by atoms with van der Waals surface area (Å²) in [7, 11) is 0. The summed E-state index contributed by atoms with van der Waals surface area (Å²) in [5.41, 5.74) is 4.55. The first kappa shape index (κ1) is 30.6. The van der Waals surface area contributed by atoms with Gasteiger partial charge in [0.25, 0.3) is 0 Å². The second-order valence-corrected chi connectivity index (χ2v) is 12.6. The Morgan fingerprint density at radius 3 is 1.13 bits per heavy atom. The van der Waals surface area contributed by atoms with Gasteiger partial charge >= 0.3 is 0 Å². The van der Waals surface area contributed by atoms with Crippen molar-refractivity contribution in [1.29, 1.82) is 0 Å². The van der Waals surface area contributed by atoms with E-state index in [1.807, 2.05) is 158 Å². The maximum absolute atomic E-state index is 14.2. The largest absolute Gasteiger partial charge is 0.293 e. The van der Waals surface area contributed by atoms with E-state index in [1.165, 1.54) is 11.8 Å². The molecule has 0 radical (unpaired) electrons. The number of rotatable bonds is 10. The molecule has 0 aliphatic heterocycles. The van der Waals surface area contributed by atoms with Gasteiger partial charge in [-0.15, -0.1) is 0 Å². The summed E-state index contributed by atoms with van der Waals surface area (Å²) in [6.07, 6.45) is 0. The molecule has 0 heterocycles. The summed E-state index contributed by atoms with van der Waals surface area (Å²) >= 11 is 14.7. The molecule has 0 aliphatic carbocycles. The molecule has 0 fully saturated rings. The zero-order valence-corrected chi connectivity index (χ0v) is 26.5. The predicted molar refractivity (Wildman–Crippen MR) is 185 cm³/mol. The lowest BCUT2D eigenvalue weighted by Gasteiger charge is -2.23. The van der Waals surface area contributed by atoms with E-state index in [4.69, 9.17) is 23.2 Å². The third-order valence-corrected chi connectivity index (χ3v) is 9.35. The van der Waals surface area contributed by atoms with Crippen LogP contribution in [0.1, 0.15) is 54.8 Å². The Hall–Kier alpha value is -4.41. The second kappa shape index (κ2) is 14.1. The van der Waals surface area contributed by atoms with Crippen LogP contribution in [0.2, 0.25) is 10.0 Å². The average Bonchev–Trinajstić information content (AvgIpc) is 3.09. The van der Waals surface area contributed by atoms with E-state index >= 15 is 0 Å². The van der Waals surface area contributed by atoms with E-state index in [0.29, 0.717) is 21.2 Å². The van der Waals surface area contributed by atoms with Crippen LogP contribution in [0, 0.1) is 0 Å². The quantitative estimate of drug-likeness (QED) is 0.139. The van der Waals surface area contributed by atoms with Crippen molar-refractivity contribution in [2.45, 2.75) is 21.6 Å². The average molecular weight is 644 g/mol. The topological polar surface area (TPSA) is 34.1 Å². The molecular formula is C40H28Cl2O2S. The van der Waals surface area contributed by atoms with Crippen LogP contribution < -0.4 is 0 Å². The number of hydrogen-bond acceptors (Lipinski definition) is 3. The lowest BCUT2D eigenvalue weighted by molar-refractivity contribution is 0.0965. The lowest BCUT2D eigenvalue weighted by Crippen LogP contribution is -2.16. The first-order chi connectivity index (χ1) is 22.0. The molecule has 0 N–H and O–H groups in total. The molecule has 0 bridgehead atoms. The van der Waals surface area contributed by atoms with E-state index in [-0.39, 0.29) is 11.6 Å². The molecule has 0 saturated heterocycles. The predicted octanol–water partition coefficient (Wildman–Crippen LogP) is 11.2. The maximum atomic E-state index is 14.2. The Kier molecular flexibility index (Phi) is 9.61. The van der Waals surface area contributed by atoms with Gasteiger partial charge in [0.15, 0.2) is 11.6 Å². The Morgan fingerprint density at radius 2 is 0.778 bits per heavy atom. The van der Waals surface area contributed by atoms with Crippen molar-refractivity contribution < 1.29 is 9.59 Å². The molecule has 2 atom stereocenters. The molecular weight excluding hydrogens is 615 g/mol. The minimum atomic E-state index is -0.596. The highest BCUT2D eigenvalue weighted by Crippen LogP contribution is 2.44. The highest BCUT2D eigenvalue weighted by atomic mass is 35.5. The van der Waals surface area contributed by atoms with Gasteiger partial charge < -0.3 is 0 Å². The third kappa shape index (κ3) is 6.97. The van der Waals surface area contributed by atoms with Crippen molar-refractivity contribution in [2.75, 3.05) is 0 Å². The first-order valence-electron chi connectivity index (χ1n) is 14.5. The van der Waals surface area contributed by atoms with Crippen molar-refractivity contribution in [3.05, 3.63) is 201 Å². The van der Waals surface area contributed by atoms with Crippen molar-refractivity contribution in [2.24, 2.45) is 0 Å². The number of carbonyl (C=O) groups is 2. The Labute approximate surface area is 277 Å². The van der Waals surface area contributed by atoms with E-state index in [9.17, 15) is 9.59 Å². The SMILES string of the molecule is O=C(c1ccccc1)C(c1ccccc1)c1cc(Cl)ccc1Sc1ccc(Cl)cc1C(C(=O)c1ccccc1)c1ccccc1. The monoisotopic (exact) mass is 642 g/mol. The van der Waals surface area contributed by atoms with Crippen LogP contribution in [0.3, 0.4) is 0 Å². The molecule has 2 nitrogen and oxygen atoms in total. The van der Waals surface area contributed by atoms with Gasteiger partial charge in [-0.3, -0.25) is 9.59 Å². The van der Waals surface area contributed by atoms with Crippen molar-refractivity contribution in [1.82, 2.24) is 0 Å². The number of benzene rings is 6. The summed E-state index contributed by atoms with van der Waals surface area (Å²) in [6.45, 7) is 0. The molecule has 220 valence electrons. The van der Waals surface area contributed by atoms with Crippen molar-refractivity contribution in [3.63, 3.8) is 0 Å².